The van der Waals surface area contributed by atoms with Crippen molar-refractivity contribution in [1.29, 1.82) is 0 Å². The number of carbonyl (C=O) groups is 1. The highest BCUT2D eigenvalue weighted by molar-refractivity contribution is 5.70. The maximum absolute atomic E-state index is 14.6. The quantitative estimate of drug-likeness (QED) is 0.225. The van der Waals surface area contributed by atoms with Gasteiger partial charge in [-0.05, 0) is 80.8 Å². The van der Waals surface area contributed by atoms with Gasteiger partial charge in [0.1, 0.15) is 36.6 Å². The van der Waals surface area contributed by atoms with Crippen LogP contribution in [0.15, 0.2) is 24.3 Å². The Morgan fingerprint density at radius 3 is 2.05 bits per heavy atom. The molecule has 19 heteroatoms. The number of rotatable bonds is 0. The summed E-state index contributed by atoms with van der Waals surface area (Å²) in [5.74, 6) is -5.50. The first-order valence-corrected chi connectivity index (χ1v) is 29.8. The molecule has 16 rings (SSSR count). The molecule has 16 aliphatic rings. The van der Waals surface area contributed by atoms with Gasteiger partial charge in [0, 0.05) is 57.3 Å². The van der Waals surface area contributed by atoms with Crippen LogP contribution in [0.5, 0.6) is 0 Å². The normalized spacial score (nSPS) is 60.6. The summed E-state index contributed by atoms with van der Waals surface area (Å²) < 4.78 is 102. The van der Waals surface area contributed by atoms with Crippen molar-refractivity contribution in [1.82, 2.24) is 0 Å². The highest BCUT2D eigenvalue weighted by Crippen LogP contribution is 2.59. The molecule has 16 aliphatic heterocycles. The fourth-order valence-corrected chi connectivity index (χ4v) is 17.8. The van der Waals surface area contributed by atoms with Crippen LogP contribution in [0.3, 0.4) is 0 Å². The fraction of sp³-hybridized carbons (Fsp3) is 0.914. The van der Waals surface area contributed by atoms with Gasteiger partial charge in [-0.15, -0.1) is 0 Å². The van der Waals surface area contributed by atoms with Crippen LogP contribution in [0.25, 0.3) is 0 Å². The number of carbonyl (C=O) groups excluding carboxylic acids is 1. The Bertz CT molecular complexity index is 2340. The van der Waals surface area contributed by atoms with E-state index in [9.17, 15) is 20.1 Å². The van der Waals surface area contributed by atoms with E-state index >= 15 is 0 Å². The number of hydrogen-bond acceptors (Lipinski definition) is 19. The zero-order valence-corrected chi connectivity index (χ0v) is 45.3. The first-order chi connectivity index (χ1) is 36.8. The van der Waals surface area contributed by atoms with E-state index in [-0.39, 0.29) is 110 Å². The molecule has 77 heavy (non-hydrogen) atoms. The summed E-state index contributed by atoms with van der Waals surface area (Å²) in [5.41, 5.74) is 2.02. The van der Waals surface area contributed by atoms with Gasteiger partial charge in [0.2, 0.25) is 11.6 Å². The summed E-state index contributed by atoms with van der Waals surface area (Å²) in [6.45, 7) is 19.7. The van der Waals surface area contributed by atoms with Gasteiger partial charge in [0.15, 0.2) is 17.7 Å². The summed E-state index contributed by atoms with van der Waals surface area (Å²) in [6.07, 6.45) is -2.42. The molecule has 428 valence electrons. The number of fused-ring (bicyclic) bond motifs is 10. The van der Waals surface area contributed by atoms with Crippen molar-refractivity contribution in [3.63, 3.8) is 0 Å². The van der Waals surface area contributed by atoms with Crippen LogP contribution in [-0.4, -0.2) is 191 Å². The topological polar surface area (TPSA) is 216 Å². The molecule has 3 N–H and O–H groups in total. The summed E-state index contributed by atoms with van der Waals surface area (Å²) in [4.78, 5) is 14.6. The largest absolute Gasteiger partial charge is 0.459 e. The van der Waals surface area contributed by atoms with Gasteiger partial charge >= 0.3 is 5.97 Å². The van der Waals surface area contributed by atoms with Crippen molar-refractivity contribution in [3.05, 3.63) is 24.3 Å². The second kappa shape index (κ2) is 18.6. The van der Waals surface area contributed by atoms with Crippen LogP contribution in [0, 0.1) is 23.7 Å². The Balaban J connectivity index is 0.678. The predicted octanol–water partition coefficient (Wildman–Crippen LogP) is 4.49. The van der Waals surface area contributed by atoms with Crippen molar-refractivity contribution >= 4 is 5.97 Å². The van der Waals surface area contributed by atoms with Gasteiger partial charge in [-0.1, -0.05) is 40.9 Å². The molecule has 12 bridgehead atoms. The van der Waals surface area contributed by atoms with Gasteiger partial charge in [-0.2, -0.15) is 0 Å². The van der Waals surface area contributed by atoms with Crippen molar-refractivity contribution in [2.75, 3.05) is 0 Å². The maximum Gasteiger partial charge on any atom is 0.308 e. The van der Waals surface area contributed by atoms with E-state index in [2.05, 4.69) is 40.9 Å². The molecule has 0 aromatic heterocycles. The van der Waals surface area contributed by atoms with Gasteiger partial charge in [-0.25, -0.2) is 0 Å². The Morgan fingerprint density at radius 2 is 1.21 bits per heavy atom. The molecule has 0 amide bonds. The van der Waals surface area contributed by atoms with Gasteiger partial charge in [0.25, 0.3) is 0 Å². The molecule has 16 heterocycles. The summed E-state index contributed by atoms with van der Waals surface area (Å²) in [6, 6.07) is 0. The Hall–Kier alpha value is -1.73. The lowest BCUT2D eigenvalue weighted by atomic mass is 9.78. The van der Waals surface area contributed by atoms with Crippen molar-refractivity contribution < 1.29 is 91.2 Å². The molecule has 3 spiro atoms. The first-order valence-electron chi connectivity index (χ1n) is 29.8. The van der Waals surface area contributed by atoms with Crippen molar-refractivity contribution in [3.8, 4) is 0 Å². The number of esters is 1. The molecular formula is C58H82O19. The number of hydrogen-bond donors (Lipinski definition) is 3. The van der Waals surface area contributed by atoms with E-state index in [1.807, 2.05) is 6.92 Å². The minimum atomic E-state index is -2.02. The van der Waals surface area contributed by atoms with E-state index in [4.69, 9.17) is 71.1 Å². The zero-order chi connectivity index (χ0) is 52.8. The third-order valence-corrected chi connectivity index (χ3v) is 21.6. The molecule has 0 aliphatic carbocycles. The monoisotopic (exact) mass is 1080 g/mol. The van der Waals surface area contributed by atoms with Crippen LogP contribution in [-0.2, 0) is 75.8 Å². The van der Waals surface area contributed by atoms with E-state index in [1.54, 1.807) is 0 Å². The van der Waals surface area contributed by atoms with Crippen LogP contribution in [0.2, 0.25) is 0 Å². The molecule has 0 aromatic carbocycles. The van der Waals surface area contributed by atoms with Crippen LogP contribution < -0.4 is 0 Å². The minimum absolute atomic E-state index is 0.0227. The summed E-state index contributed by atoms with van der Waals surface area (Å²) in [7, 11) is 0. The number of aliphatic hydroxyl groups is 3. The molecule has 16 saturated heterocycles. The smallest absolute Gasteiger partial charge is 0.308 e. The molecule has 0 aromatic rings. The third-order valence-electron chi connectivity index (χ3n) is 21.6. The average molecular weight is 1080 g/mol. The molecule has 0 saturated carbocycles. The van der Waals surface area contributed by atoms with Crippen molar-refractivity contribution in [2.45, 2.75) is 307 Å². The standard InChI is InChI=1S/C58H82O19/c1-24-14-31-8-10-35-25(2)15-33(64-35)12-13-57-54(61)58(62)53(77-57)52-51(76-58)50(75-57)49-36(68-52)11-9-32(66-49)16-44(60)70-48-29(6)47-40(67-39(48)18-37(65-31)28(24)5)19-38-42(69-47)22-56(71-38)23-43-46(74-56)27(4)21-55(73-43)20-26(3)45-41(72-55)17-34(59)30(7)63-45/h24,26-27,29-43,45-54,59,61-62H,2,5,8-23H2,1,3-4,6-7H3/t24-,26+,27+,29+,30-,31?,32-,33+,34-,35+,36+,37?,38-,39+,40+,41+,42?,43+,45+,46+,47+,48?,49+,50+,51-,52?,53?,54+,55-,56+,57-,58?/m1/s1. The Kier molecular flexibility index (Phi) is 12.6. The lowest BCUT2D eigenvalue weighted by molar-refractivity contribution is -0.370. The highest BCUT2D eigenvalue weighted by Gasteiger charge is 2.79. The molecule has 19 nitrogen and oxygen atoms in total. The van der Waals surface area contributed by atoms with Gasteiger partial charge < -0.3 is 86.4 Å². The van der Waals surface area contributed by atoms with E-state index in [0.29, 0.717) is 70.6 Å². The number of ether oxygens (including phenoxy) is 15. The van der Waals surface area contributed by atoms with Crippen LogP contribution in [0.1, 0.15) is 137 Å². The molecule has 16 fully saturated rings. The third kappa shape index (κ3) is 8.37. The van der Waals surface area contributed by atoms with Gasteiger partial charge in [-0.3, -0.25) is 4.79 Å². The van der Waals surface area contributed by atoms with E-state index < -0.39 is 102 Å². The minimum Gasteiger partial charge on any atom is -0.459 e. The fourth-order valence-electron chi connectivity index (χ4n) is 17.8. The lowest BCUT2D eigenvalue weighted by Gasteiger charge is -2.54. The first kappa shape index (κ1) is 52.1. The van der Waals surface area contributed by atoms with E-state index in [1.165, 1.54) is 0 Å². The second-order valence-electron chi connectivity index (χ2n) is 26.9. The second-order valence-corrected chi connectivity index (χ2v) is 26.9. The Labute approximate surface area is 450 Å². The van der Waals surface area contributed by atoms with Gasteiger partial charge in [0.05, 0.1) is 110 Å². The molecular weight excluding hydrogens is 1000 g/mol. The zero-order valence-electron chi connectivity index (χ0n) is 45.3. The van der Waals surface area contributed by atoms with E-state index in [0.717, 1.165) is 30.4 Å². The maximum atomic E-state index is 14.6. The van der Waals surface area contributed by atoms with Crippen LogP contribution >= 0.6 is 0 Å². The summed E-state index contributed by atoms with van der Waals surface area (Å²) >= 11 is 0. The summed E-state index contributed by atoms with van der Waals surface area (Å²) in [5, 5.41) is 34.5. The SMILES string of the molecule is C=C1C2C[C@@H]3O[C@H]4C[C@H]5O[C@]6(CC5O[C@H]4[C@H](C)C3OC(=O)C[C@H]3CC[C@@H]4OC5C7O[C@@]8(CC[C@H]9CC(=C)[C@H](CCC(C[C@H]1C)O2)O9)O[C@@H]([C@H]4O3)[C@H]5OC7(O)[C@H]8O)C[C@@H]1O[C@]2(C[C@H](C)[C@@H]3O[C@H](C)[C@H](O)C[C@@H]3O2)C[C@H](C)[C@@H]1O6. The molecule has 7 unspecified atom stereocenters. The Morgan fingerprint density at radius 1 is 0.506 bits per heavy atom. The molecule has 32 atom stereocenters. The predicted molar refractivity (Wildman–Crippen MR) is 264 cm³/mol. The average Bonchev–Trinajstić information content (AvgIpc) is 4.32. The highest BCUT2D eigenvalue weighted by atomic mass is 16.8. The van der Waals surface area contributed by atoms with Crippen molar-refractivity contribution in [2.24, 2.45) is 23.7 Å². The number of aliphatic hydroxyl groups excluding tert-OH is 2. The lowest BCUT2D eigenvalue weighted by Crippen LogP contribution is -2.63. The van der Waals surface area contributed by atoms with Crippen LogP contribution in [0.4, 0.5) is 0 Å². The molecule has 0 radical (unpaired) electrons.